The molecule has 0 saturated carbocycles. The van der Waals surface area contributed by atoms with Gasteiger partial charge in [0.2, 0.25) is 0 Å². The molecule has 7 aromatic carbocycles. The van der Waals surface area contributed by atoms with Crippen LogP contribution in [0.1, 0.15) is 237 Å². The zero-order chi connectivity index (χ0) is 57.1. The van der Waals surface area contributed by atoms with Gasteiger partial charge in [0.1, 0.15) is 0 Å². The molecule has 0 aliphatic heterocycles. The van der Waals surface area contributed by atoms with Crippen LogP contribution < -0.4 is 5.46 Å². The van der Waals surface area contributed by atoms with Gasteiger partial charge >= 0.3 is 7.12 Å². The van der Waals surface area contributed by atoms with Gasteiger partial charge in [-0.05, 0) is 134 Å². The largest absolute Gasteiger partial charge is 0.488 e. The molecule has 0 atom stereocenters. The minimum atomic E-state index is -1.34. The first-order valence-corrected chi connectivity index (χ1v) is 33.7. The molecular weight excluding hydrogens is 1130 g/mol. The van der Waals surface area contributed by atoms with E-state index in [1.807, 2.05) is 6.07 Å². The quantitative estimate of drug-likeness (QED) is 0.0336. The fraction of sp³-hybridized carbons (Fsp3) is 0.455. The van der Waals surface area contributed by atoms with Crippen molar-refractivity contribution in [1.29, 1.82) is 0 Å². The van der Waals surface area contributed by atoms with Crippen molar-refractivity contribution in [2.24, 2.45) is 0 Å². The molecule has 82 heavy (non-hydrogen) atoms. The minimum absolute atomic E-state index is 0. The molecule has 9 rings (SSSR count). The van der Waals surface area contributed by atoms with E-state index in [1.54, 1.807) is 46.5 Å². The van der Waals surface area contributed by atoms with Crippen molar-refractivity contribution in [1.82, 2.24) is 0 Å². The van der Waals surface area contributed by atoms with Gasteiger partial charge in [0, 0.05) is 19.8 Å². The maximum atomic E-state index is 8.58. The molecule has 7 aromatic rings. The first-order valence-electron chi connectivity index (χ1n) is 32.1. The third kappa shape index (κ3) is 18.2. The summed E-state index contributed by atoms with van der Waals surface area (Å²) in [5.74, 6) is 0. The second-order valence-corrected chi connectivity index (χ2v) is 25.5. The summed E-state index contributed by atoms with van der Waals surface area (Å²) in [7, 11) is -1.34. The third-order valence-electron chi connectivity index (χ3n) is 17.8. The number of rotatable bonds is 31. The molecule has 0 amide bonds. The van der Waals surface area contributed by atoms with Gasteiger partial charge in [-0.15, -0.1) is 0 Å². The van der Waals surface area contributed by atoms with Crippen LogP contribution in [0.15, 0.2) is 173 Å². The lowest BCUT2D eigenvalue weighted by atomic mass is 9.70. The predicted octanol–water partition coefficient (Wildman–Crippen LogP) is 23.8. The Labute approximate surface area is 516 Å². The summed E-state index contributed by atoms with van der Waals surface area (Å²) in [5.41, 5.74) is 18.3. The van der Waals surface area contributed by atoms with Gasteiger partial charge in [-0.3, -0.25) is 0 Å². The van der Waals surface area contributed by atoms with Crippen LogP contribution >= 0.6 is 31.9 Å². The normalized spacial score (nSPS) is 12.9. The Bertz CT molecular complexity index is 2720. The van der Waals surface area contributed by atoms with E-state index in [2.05, 4.69) is 193 Å². The van der Waals surface area contributed by atoms with Crippen LogP contribution in [0.3, 0.4) is 0 Å². The van der Waals surface area contributed by atoms with Crippen molar-refractivity contribution in [3.05, 3.63) is 195 Å². The highest BCUT2D eigenvalue weighted by molar-refractivity contribution is 9.10. The fourth-order valence-corrected chi connectivity index (χ4v) is 14.1. The van der Waals surface area contributed by atoms with E-state index in [1.165, 1.54) is 233 Å². The maximum absolute atomic E-state index is 8.58. The Kier molecular flexibility index (Phi) is 29.0. The summed E-state index contributed by atoms with van der Waals surface area (Å²) in [4.78, 5) is 0. The second kappa shape index (κ2) is 35.7. The van der Waals surface area contributed by atoms with E-state index in [-0.39, 0.29) is 18.3 Å². The van der Waals surface area contributed by atoms with Crippen LogP contribution in [0.4, 0.5) is 0 Å². The monoisotopic (exact) mass is 1230 g/mol. The first kappa shape index (κ1) is 66.6. The molecular formula is C77H101BBr2O2. The highest BCUT2D eigenvalue weighted by Crippen LogP contribution is 2.57. The number of hydrogen-bond acceptors (Lipinski definition) is 2. The molecule has 0 unspecified atom stereocenters. The van der Waals surface area contributed by atoms with Gasteiger partial charge in [-0.25, -0.2) is 0 Å². The van der Waals surface area contributed by atoms with Gasteiger partial charge < -0.3 is 10.0 Å². The van der Waals surface area contributed by atoms with Crippen molar-refractivity contribution >= 4 is 44.4 Å². The third-order valence-corrected chi connectivity index (χ3v) is 18.8. The van der Waals surface area contributed by atoms with Crippen LogP contribution in [-0.2, 0) is 10.8 Å². The Morgan fingerprint density at radius 1 is 0.305 bits per heavy atom. The summed E-state index contributed by atoms with van der Waals surface area (Å²) in [5, 5.41) is 17.2. The van der Waals surface area contributed by atoms with Crippen molar-refractivity contribution < 1.29 is 10.0 Å². The van der Waals surface area contributed by atoms with Crippen LogP contribution in [0.5, 0.6) is 0 Å². The number of benzene rings is 7. The standard InChI is InChI=1S/C41H50.C29H40Br2.C6H7BO2.CH4/c1-3-5-7-9-11-19-29-41(30-20-12-10-8-6-4-2)39-31-35(33-21-15-13-16-22-33)25-27-37(39)38-28-26-36(32-40(38)41)34-23-17-14-18-24-34;1-3-5-7-9-11-13-19-29(20-14-12-10-8-6-4-2)27-21-23(30)15-17-25(27)26-18-16-24(31)22-28(26)29;8-7(9)6-4-2-1-3-5-6;/h13-18,21-28,31-32H,3-12,19-20,29-30H2,1-2H3;15-18,21-22H,3-14,19-20H2,1-2H3;1-5,8-9H;1H4. The molecule has 0 aromatic heterocycles. The Morgan fingerprint density at radius 3 is 0.866 bits per heavy atom. The predicted molar refractivity (Wildman–Crippen MR) is 367 cm³/mol. The zero-order valence-electron chi connectivity index (χ0n) is 50.1. The summed E-state index contributed by atoms with van der Waals surface area (Å²) in [6, 6.07) is 59.3. The van der Waals surface area contributed by atoms with E-state index >= 15 is 0 Å². The summed E-state index contributed by atoms with van der Waals surface area (Å²) in [6.45, 7) is 9.24. The molecule has 0 fully saturated rings. The van der Waals surface area contributed by atoms with E-state index in [0.717, 1.165) is 0 Å². The van der Waals surface area contributed by atoms with Crippen molar-refractivity contribution in [3.8, 4) is 44.5 Å². The summed E-state index contributed by atoms with van der Waals surface area (Å²) in [6.07, 6.45) is 37.6. The average Bonchev–Trinajstić information content (AvgIpc) is 4.15. The topological polar surface area (TPSA) is 40.5 Å². The van der Waals surface area contributed by atoms with Crippen LogP contribution in [0.2, 0.25) is 0 Å². The SMILES string of the molecule is C.CCCCCCCCC1(CCCCCCCC)c2cc(-c3ccccc3)ccc2-c2ccc(-c3ccccc3)cc21.CCCCCCCCC1(CCCCCCCC)c2cc(Br)ccc2-c2ccc(Br)cc21.OB(O)c1ccccc1. The average molecular weight is 1230 g/mol. The van der Waals surface area contributed by atoms with Crippen molar-refractivity contribution in [3.63, 3.8) is 0 Å². The molecule has 0 radical (unpaired) electrons. The van der Waals surface area contributed by atoms with Gasteiger partial charge in [0.25, 0.3) is 0 Å². The lowest BCUT2D eigenvalue weighted by Crippen LogP contribution is -2.29. The molecule has 0 spiro atoms. The van der Waals surface area contributed by atoms with Gasteiger partial charge in [-0.2, -0.15) is 0 Å². The fourth-order valence-electron chi connectivity index (χ4n) is 13.3. The van der Waals surface area contributed by atoms with Crippen molar-refractivity contribution in [2.75, 3.05) is 0 Å². The van der Waals surface area contributed by atoms with E-state index in [0.29, 0.717) is 5.46 Å². The van der Waals surface area contributed by atoms with Crippen LogP contribution in [0.25, 0.3) is 44.5 Å². The van der Waals surface area contributed by atoms with E-state index in [4.69, 9.17) is 10.0 Å². The van der Waals surface area contributed by atoms with E-state index in [9.17, 15) is 0 Å². The lowest BCUT2D eigenvalue weighted by Gasteiger charge is -2.33. The molecule has 0 bridgehead atoms. The van der Waals surface area contributed by atoms with E-state index < -0.39 is 7.12 Å². The second-order valence-electron chi connectivity index (χ2n) is 23.7. The zero-order valence-corrected chi connectivity index (χ0v) is 53.3. The molecule has 0 saturated heterocycles. The summed E-state index contributed by atoms with van der Waals surface area (Å²) >= 11 is 7.57. The Balaban J connectivity index is 0.000000232. The molecule has 2 nitrogen and oxygen atoms in total. The highest BCUT2D eigenvalue weighted by atomic mass is 79.9. The summed E-state index contributed by atoms with van der Waals surface area (Å²) < 4.78 is 2.43. The lowest BCUT2D eigenvalue weighted by molar-refractivity contribution is 0.397. The Morgan fingerprint density at radius 2 is 0.573 bits per heavy atom. The minimum Gasteiger partial charge on any atom is -0.423 e. The van der Waals surface area contributed by atoms with Crippen LogP contribution in [-0.4, -0.2) is 17.2 Å². The number of halogens is 2. The number of unbranched alkanes of at least 4 members (excludes halogenated alkanes) is 20. The van der Waals surface area contributed by atoms with Gasteiger partial charge in [0.15, 0.2) is 0 Å². The van der Waals surface area contributed by atoms with Gasteiger partial charge in [0.05, 0.1) is 0 Å². The number of fused-ring (bicyclic) bond motifs is 6. The van der Waals surface area contributed by atoms with Crippen LogP contribution in [0, 0.1) is 0 Å². The number of hydrogen-bond donors (Lipinski definition) is 2. The van der Waals surface area contributed by atoms with Crippen molar-refractivity contribution in [2.45, 2.75) is 226 Å². The Hall–Kier alpha value is -4.52. The molecule has 0 heterocycles. The molecule has 2 aliphatic rings. The maximum Gasteiger partial charge on any atom is 0.488 e. The molecule has 5 heteroatoms. The van der Waals surface area contributed by atoms with Gasteiger partial charge in [-0.1, -0.05) is 348 Å². The molecule has 438 valence electrons. The first-order chi connectivity index (χ1) is 39.7. The molecule has 2 aliphatic carbocycles. The molecule has 2 N–H and O–H groups in total. The smallest absolute Gasteiger partial charge is 0.423 e. The highest BCUT2D eigenvalue weighted by Gasteiger charge is 2.44.